The first kappa shape index (κ1) is 23.6. The lowest BCUT2D eigenvalue weighted by Crippen LogP contribution is -2.35. The zero-order chi connectivity index (χ0) is 18.5. The summed E-state index contributed by atoms with van der Waals surface area (Å²) in [6, 6.07) is 12.5. The van der Waals surface area contributed by atoms with Crippen molar-refractivity contribution in [3.05, 3.63) is 53.1 Å². The maximum Gasteiger partial charge on any atom is 0.231 e. The molecule has 0 unspecified atom stereocenters. The van der Waals surface area contributed by atoms with Crippen LogP contribution in [0.4, 0.5) is 0 Å². The van der Waals surface area contributed by atoms with Gasteiger partial charge in [-0.05, 0) is 35.4 Å². The molecule has 8 heteroatoms. The summed E-state index contributed by atoms with van der Waals surface area (Å²) in [6.07, 6.45) is 0. The number of nitrogens with one attached hydrogen (secondary N) is 1. The summed E-state index contributed by atoms with van der Waals surface area (Å²) in [5.41, 5.74) is 3.66. The molecule has 0 saturated carbocycles. The van der Waals surface area contributed by atoms with E-state index in [2.05, 4.69) is 34.5 Å². The molecule has 6 nitrogen and oxygen atoms in total. The van der Waals surface area contributed by atoms with Gasteiger partial charge in [0.2, 0.25) is 6.79 Å². The zero-order valence-electron chi connectivity index (χ0n) is 16.5. The molecule has 1 saturated heterocycles. The Labute approximate surface area is 184 Å². The molecule has 0 radical (unpaired) electrons. The molecule has 2 aromatic rings. The van der Waals surface area contributed by atoms with Crippen LogP contribution in [0.3, 0.4) is 0 Å². The number of fused-ring (bicyclic) bond motifs is 1. The van der Waals surface area contributed by atoms with Gasteiger partial charge in [-0.3, -0.25) is 4.90 Å². The van der Waals surface area contributed by atoms with Gasteiger partial charge in [0.05, 0.1) is 20.3 Å². The van der Waals surface area contributed by atoms with E-state index in [1.807, 2.05) is 12.1 Å². The number of morpholine rings is 1. The van der Waals surface area contributed by atoms with E-state index in [9.17, 15) is 0 Å². The number of rotatable bonds is 7. The van der Waals surface area contributed by atoms with Crippen LogP contribution < -0.4 is 19.5 Å². The molecule has 4 rings (SSSR count). The SMILES string of the molecule is COc1ccc(CNCc2ccc3c(c2)OCO3)cc1CN1CCOCC1.Cl.Cl. The summed E-state index contributed by atoms with van der Waals surface area (Å²) in [5, 5.41) is 3.51. The van der Waals surface area contributed by atoms with E-state index in [0.717, 1.165) is 63.2 Å². The minimum Gasteiger partial charge on any atom is -0.496 e. The van der Waals surface area contributed by atoms with Crippen LogP contribution in [0.5, 0.6) is 17.2 Å². The van der Waals surface area contributed by atoms with Crippen molar-refractivity contribution in [3.8, 4) is 17.2 Å². The quantitative estimate of drug-likeness (QED) is 0.708. The topological polar surface area (TPSA) is 52.2 Å². The van der Waals surface area contributed by atoms with Gasteiger partial charge in [0.15, 0.2) is 11.5 Å². The Morgan fingerprint density at radius 3 is 2.38 bits per heavy atom. The molecule has 0 atom stereocenters. The molecule has 2 aromatic carbocycles. The van der Waals surface area contributed by atoms with Gasteiger partial charge in [-0.15, -0.1) is 24.8 Å². The minimum atomic E-state index is 0. The average molecular weight is 443 g/mol. The maximum absolute atomic E-state index is 5.55. The van der Waals surface area contributed by atoms with E-state index < -0.39 is 0 Å². The number of ether oxygens (including phenoxy) is 4. The van der Waals surface area contributed by atoms with Crippen molar-refractivity contribution in [2.45, 2.75) is 19.6 Å². The third-order valence-corrected chi connectivity index (χ3v) is 4.94. The molecule has 0 bridgehead atoms. The van der Waals surface area contributed by atoms with Crippen LogP contribution in [-0.4, -0.2) is 45.1 Å². The smallest absolute Gasteiger partial charge is 0.231 e. The Kier molecular flexibility index (Phi) is 9.33. The third kappa shape index (κ3) is 6.14. The number of methoxy groups -OCH3 is 1. The standard InChI is InChI=1S/C21H26N2O4.2ClH/c1-24-19-4-2-16(10-18(19)14-23-6-8-25-9-7-23)12-22-13-17-3-5-20-21(11-17)27-15-26-20;;/h2-5,10-11,22H,6-9,12-15H2,1H3;2*1H. The number of halogens is 2. The highest BCUT2D eigenvalue weighted by atomic mass is 35.5. The Balaban J connectivity index is 0.00000150. The number of benzene rings is 2. The Hall–Kier alpha value is -1.70. The van der Waals surface area contributed by atoms with E-state index in [1.165, 1.54) is 16.7 Å². The van der Waals surface area contributed by atoms with E-state index >= 15 is 0 Å². The predicted molar refractivity (Wildman–Crippen MR) is 117 cm³/mol. The largest absolute Gasteiger partial charge is 0.496 e. The van der Waals surface area contributed by atoms with Crippen molar-refractivity contribution < 1.29 is 18.9 Å². The first-order valence-corrected chi connectivity index (χ1v) is 9.37. The van der Waals surface area contributed by atoms with Crippen molar-refractivity contribution in [3.63, 3.8) is 0 Å². The summed E-state index contributed by atoms with van der Waals surface area (Å²) in [4.78, 5) is 2.41. The van der Waals surface area contributed by atoms with Crippen molar-refractivity contribution in [2.24, 2.45) is 0 Å². The summed E-state index contributed by atoms with van der Waals surface area (Å²) >= 11 is 0. The molecule has 160 valence electrons. The molecule has 0 aliphatic carbocycles. The van der Waals surface area contributed by atoms with Gasteiger partial charge in [0.1, 0.15) is 5.75 Å². The highest BCUT2D eigenvalue weighted by Crippen LogP contribution is 2.32. The molecule has 0 amide bonds. The van der Waals surface area contributed by atoms with Crippen molar-refractivity contribution in [1.29, 1.82) is 0 Å². The van der Waals surface area contributed by atoms with Crippen LogP contribution in [-0.2, 0) is 24.4 Å². The first-order valence-electron chi connectivity index (χ1n) is 9.37. The maximum atomic E-state index is 5.55. The molecule has 2 aliphatic rings. The van der Waals surface area contributed by atoms with Gasteiger partial charge >= 0.3 is 0 Å². The van der Waals surface area contributed by atoms with Crippen LogP contribution in [0.15, 0.2) is 36.4 Å². The first-order chi connectivity index (χ1) is 13.3. The van der Waals surface area contributed by atoms with Crippen LogP contribution in [0, 0.1) is 0 Å². The summed E-state index contributed by atoms with van der Waals surface area (Å²) in [6.45, 7) is 6.33. The fourth-order valence-electron chi connectivity index (χ4n) is 3.47. The van der Waals surface area contributed by atoms with Gasteiger partial charge in [0.25, 0.3) is 0 Å². The molecule has 2 heterocycles. The fourth-order valence-corrected chi connectivity index (χ4v) is 3.47. The van der Waals surface area contributed by atoms with E-state index in [1.54, 1.807) is 7.11 Å². The minimum absolute atomic E-state index is 0. The number of hydrogen-bond donors (Lipinski definition) is 1. The summed E-state index contributed by atoms with van der Waals surface area (Å²) < 4.78 is 21.8. The van der Waals surface area contributed by atoms with E-state index in [4.69, 9.17) is 18.9 Å². The molecule has 0 spiro atoms. The van der Waals surface area contributed by atoms with Crippen molar-refractivity contribution in [2.75, 3.05) is 40.2 Å². The van der Waals surface area contributed by atoms with Crippen molar-refractivity contribution >= 4 is 24.8 Å². The van der Waals surface area contributed by atoms with Gasteiger partial charge in [-0.25, -0.2) is 0 Å². The van der Waals surface area contributed by atoms with Gasteiger partial charge in [-0.1, -0.05) is 12.1 Å². The third-order valence-electron chi connectivity index (χ3n) is 4.94. The predicted octanol–water partition coefficient (Wildman–Crippen LogP) is 3.39. The lowest BCUT2D eigenvalue weighted by molar-refractivity contribution is 0.0339. The summed E-state index contributed by atoms with van der Waals surface area (Å²) in [7, 11) is 1.73. The molecule has 1 N–H and O–H groups in total. The Bertz CT molecular complexity index is 785. The second-order valence-corrected chi connectivity index (χ2v) is 6.83. The van der Waals surface area contributed by atoms with Crippen LogP contribution in [0.1, 0.15) is 16.7 Å². The molecule has 2 aliphatic heterocycles. The molecular weight excluding hydrogens is 415 g/mol. The number of hydrogen-bond acceptors (Lipinski definition) is 6. The van der Waals surface area contributed by atoms with Crippen molar-refractivity contribution in [1.82, 2.24) is 10.2 Å². The molecule has 1 fully saturated rings. The number of nitrogens with zero attached hydrogens (tertiary/aromatic N) is 1. The van der Waals surface area contributed by atoms with Gasteiger partial charge < -0.3 is 24.3 Å². The van der Waals surface area contributed by atoms with Gasteiger partial charge in [-0.2, -0.15) is 0 Å². The Morgan fingerprint density at radius 1 is 0.931 bits per heavy atom. The normalized spacial score (nSPS) is 15.3. The lowest BCUT2D eigenvalue weighted by atomic mass is 10.1. The highest BCUT2D eigenvalue weighted by Gasteiger charge is 2.15. The molecule has 0 aromatic heterocycles. The Morgan fingerprint density at radius 2 is 1.62 bits per heavy atom. The second kappa shape index (κ2) is 11.5. The monoisotopic (exact) mass is 442 g/mol. The molecule has 29 heavy (non-hydrogen) atoms. The summed E-state index contributed by atoms with van der Waals surface area (Å²) in [5.74, 6) is 2.59. The zero-order valence-corrected chi connectivity index (χ0v) is 18.2. The lowest BCUT2D eigenvalue weighted by Gasteiger charge is -2.27. The van der Waals surface area contributed by atoms with Crippen LogP contribution >= 0.6 is 24.8 Å². The second-order valence-electron chi connectivity index (χ2n) is 6.83. The van der Waals surface area contributed by atoms with Gasteiger partial charge in [0, 0.05) is 38.3 Å². The van der Waals surface area contributed by atoms with E-state index in [0.29, 0.717) is 6.79 Å². The van der Waals surface area contributed by atoms with E-state index in [-0.39, 0.29) is 24.8 Å². The highest BCUT2D eigenvalue weighted by molar-refractivity contribution is 5.85. The molecular formula is C21H28Cl2N2O4. The van der Waals surface area contributed by atoms with Crippen LogP contribution in [0.25, 0.3) is 0 Å². The fraction of sp³-hybridized carbons (Fsp3) is 0.429. The average Bonchev–Trinajstić information content (AvgIpc) is 3.17. The van der Waals surface area contributed by atoms with Crippen LogP contribution in [0.2, 0.25) is 0 Å².